The number of nitrogens with zero attached hydrogens (tertiary/aromatic N) is 3. The molecule has 0 fully saturated rings. The highest BCUT2D eigenvalue weighted by Crippen LogP contribution is 2.20. The second-order valence-electron chi connectivity index (χ2n) is 6.14. The Kier molecular flexibility index (Phi) is 7.68. The smallest absolute Gasteiger partial charge is 0.265 e. The fourth-order valence-corrected chi connectivity index (χ4v) is 2.43. The van der Waals surface area contributed by atoms with Crippen molar-refractivity contribution in [3.8, 4) is 5.75 Å². The Bertz CT molecular complexity index is 985. The summed E-state index contributed by atoms with van der Waals surface area (Å²) in [4.78, 5) is 17.0. The molecule has 3 aromatic carbocycles. The van der Waals surface area contributed by atoms with Crippen molar-refractivity contribution >= 4 is 29.2 Å². The fourth-order valence-electron chi connectivity index (χ4n) is 2.43. The second-order valence-corrected chi connectivity index (χ2v) is 6.14. The van der Waals surface area contributed by atoms with Gasteiger partial charge in [0.1, 0.15) is 5.75 Å². The van der Waals surface area contributed by atoms with Crippen molar-refractivity contribution in [1.82, 2.24) is 0 Å². The summed E-state index contributed by atoms with van der Waals surface area (Å²) in [5.74, 6) is 0.486. The highest BCUT2D eigenvalue weighted by Gasteiger charge is 2.03. The molecule has 0 bridgehead atoms. The standard InChI is InChI=1S/C23H22N4O3/c1-2-29-22-14-8-18(9-15-22)16-24-30-17-23(28)25-19-10-12-21(13-11-19)27-26-20-6-4-3-5-7-20/h3-16H,2,17H2,1H3,(H,25,28)/b24-16-,27-26?. The Morgan fingerprint density at radius 1 is 0.900 bits per heavy atom. The van der Waals surface area contributed by atoms with Gasteiger partial charge in [-0.15, -0.1) is 0 Å². The van der Waals surface area contributed by atoms with Crippen LogP contribution in [-0.2, 0) is 9.63 Å². The molecule has 0 heterocycles. The summed E-state index contributed by atoms with van der Waals surface area (Å²) in [7, 11) is 0. The number of oxime groups is 1. The van der Waals surface area contributed by atoms with Crippen LogP contribution in [0.15, 0.2) is 94.2 Å². The highest BCUT2D eigenvalue weighted by molar-refractivity contribution is 5.91. The van der Waals surface area contributed by atoms with E-state index < -0.39 is 0 Å². The Hall–Kier alpha value is -4.00. The van der Waals surface area contributed by atoms with Crippen molar-refractivity contribution in [2.24, 2.45) is 15.4 Å². The van der Waals surface area contributed by atoms with Crippen LogP contribution >= 0.6 is 0 Å². The van der Waals surface area contributed by atoms with Crippen molar-refractivity contribution in [1.29, 1.82) is 0 Å². The molecule has 0 radical (unpaired) electrons. The van der Waals surface area contributed by atoms with E-state index in [2.05, 4.69) is 20.7 Å². The lowest BCUT2D eigenvalue weighted by molar-refractivity contribution is -0.120. The Morgan fingerprint density at radius 2 is 1.57 bits per heavy atom. The van der Waals surface area contributed by atoms with Crippen molar-refractivity contribution in [2.45, 2.75) is 6.92 Å². The number of rotatable bonds is 9. The molecule has 30 heavy (non-hydrogen) atoms. The minimum Gasteiger partial charge on any atom is -0.494 e. The van der Waals surface area contributed by atoms with Gasteiger partial charge < -0.3 is 14.9 Å². The molecule has 0 spiro atoms. The SMILES string of the molecule is CCOc1ccc(/C=N\OCC(=O)Nc2ccc(N=Nc3ccccc3)cc2)cc1. The van der Waals surface area contributed by atoms with Crippen LogP contribution in [0.2, 0.25) is 0 Å². The molecular formula is C23H22N4O3. The summed E-state index contributed by atoms with van der Waals surface area (Å²) >= 11 is 0. The summed E-state index contributed by atoms with van der Waals surface area (Å²) in [5, 5.41) is 14.9. The fraction of sp³-hybridized carbons (Fsp3) is 0.130. The minimum atomic E-state index is -0.308. The molecule has 0 unspecified atom stereocenters. The average Bonchev–Trinajstić information content (AvgIpc) is 2.78. The number of anilines is 1. The third kappa shape index (κ3) is 6.87. The number of hydrogen-bond donors (Lipinski definition) is 1. The quantitative estimate of drug-likeness (QED) is 0.292. The van der Waals surface area contributed by atoms with Gasteiger partial charge in [-0.1, -0.05) is 23.4 Å². The number of carbonyl (C=O) groups is 1. The van der Waals surface area contributed by atoms with Crippen LogP contribution in [0.3, 0.4) is 0 Å². The van der Waals surface area contributed by atoms with Crippen molar-refractivity contribution in [3.05, 3.63) is 84.4 Å². The Balaban J connectivity index is 1.42. The zero-order chi connectivity index (χ0) is 21.0. The molecule has 3 aromatic rings. The third-order valence-corrected chi connectivity index (χ3v) is 3.85. The summed E-state index contributed by atoms with van der Waals surface area (Å²) in [6.45, 7) is 2.36. The van der Waals surface area contributed by atoms with E-state index in [1.165, 1.54) is 6.21 Å². The van der Waals surface area contributed by atoms with Gasteiger partial charge in [0.15, 0.2) is 6.61 Å². The molecule has 3 rings (SSSR count). The maximum atomic E-state index is 12.0. The van der Waals surface area contributed by atoms with Gasteiger partial charge in [0.2, 0.25) is 0 Å². The second kappa shape index (κ2) is 11.1. The number of hydrogen-bond acceptors (Lipinski definition) is 6. The number of benzene rings is 3. The molecule has 152 valence electrons. The third-order valence-electron chi connectivity index (χ3n) is 3.85. The molecule has 0 aromatic heterocycles. The molecule has 0 aliphatic carbocycles. The summed E-state index contributed by atoms with van der Waals surface area (Å²) < 4.78 is 5.38. The zero-order valence-electron chi connectivity index (χ0n) is 16.6. The number of azo groups is 1. The molecule has 0 aliphatic heterocycles. The number of nitrogens with one attached hydrogen (secondary N) is 1. The maximum absolute atomic E-state index is 12.0. The topological polar surface area (TPSA) is 84.6 Å². The first kappa shape index (κ1) is 20.7. The summed E-state index contributed by atoms with van der Waals surface area (Å²) in [5.41, 5.74) is 2.95. The first-order valence-corrected chi connectivity index (χ1v) is 9.48. The van der Waals surface area contributed by atoms with Gasteiger partial charge in [-0.05, 0) is 73.2 Å². The van der Waals surface area contributed by atoms with Crippen molar-refractivity contribution in [3.63, 3.8) is 0 Å². The van der Waals surface area contributed by atoms with Gasteiger partial charge in [-0.3, -0.25) is 4.79 Å². The number of amides is 1. The predicted molar refractivity (Wildman–Crippen MR) is 117 cm³/mol. The highest BCUT2D eigenvalue weighted by atomic mass is 16.6. The largest absolute Gasteiger partial charge is 0.494 e. The van der Waals surface area contributed by atoms with Crippen LogP contribution in [0.1, 0.15) is 12.5 Å². The number of ether oxygens (including phenoxy) is 1. The van der Waals surface area contributed by atoms with E-state index in [1.807, 2.05) is 61.5 Å². The van der Waals surface area contributed by atoms with Gasteiger partial charge >= 0.3 is 0 Å². The van der Waals surface area contributed by atoms with E-state index in [0.29, 0.717) is 18.0 Å². The van der Waals surface area contributed by atoms with E-state index in [9.17, 15) is 4.79 Å². The summed E-state index contributed by atoms with van der Waals surface area (Å²) in [6, 6.07) is 23.9. The van der Waals surface area contributed by atoms with E-state index in [0.717, 1.165) is 17.0 Å². The van der Waals surface area contributed by atoms with Gasteiger partial charge in [0, 0.05) is 5.69 Å². The van der Waals surface area contributed by atoms with Crippen LogP contribution in [0.5, 0.6) is 5.75 Å². The maximum Gasteiger partial charge on any atom is 0.265 e. The van der Waals surface area contributed by atoms with Crippen LogP contribution in [0.25, 0.3) is 0 Å². The van der Waals surface area contributed by atoms with Gasteiger partial charge in [0.25, 0.3) is 5.91 Å². The van der Waals surface area contributed by atoms with Crippen LogP contribution in [0, 0.1) is 0 Å². The van der Waals surface area contributed by atoms with Gasteiger partial charge in [-0.2, -0.15) is 10.2 Å². The predicted octanol–water partition coefficient (Wildman–Crippen LogP) is 5.49. The Labute approximate surface area is 175 Å². The molecule has 7 heteroatoms. The molecule has 0 saturated carbocycles. The lowest BCUT2D eigenvalue weighted by Gasteiger charge is -2.04. The summed E-state index contributed by atoms with van der Waals surface area (Å²) in [6.07, 6.45) is 1.54. The lowest BCUT2D eigenvalue weighted by atomic mass is 10.2. The van der Waals surface area contributed by atoms with Crippen LogP contribution in [0.4, 0.5) is 17.1 Å². The molecule has 0 saturated heterocycles. The van der Waals surface area contributed by atoms with Crippen molar-refractivity contribution < 1.29 is 14.4 Å². The minimum absolute atomic E-state index is 0.191. The van der Waals surface area contributed by atoms with Crippen LogP contribution in [-0.4, -0.2) is 25.3 Å². The first-order chi connectivity index (χ1) is 14.7. The van der Waals surface area contributed by atoms with Gasteiger partial charge in [-0.25, -0.2) is 0 Å². The van der Waals surface area contributed by atoms with Gasteiger partial charge in [0.05, 0.1) is 24.2 Å². The molecule has 1 amide bonds. The van der Waals surface area contributed by atoms with E-state index in [-0.39, 0.29) is 12.5 Å². The molecule has 0 atom stereocenters. The van der Waals surface area contributed by atoms with E-state index in [1.54, 1.807) is 24.3 Å². The molecular weight excluding hydrogens is 380 g/mol. The van der Waals surface area contributed by atoms with E-state index in [4.69, 9.17) is 9.57 Å². The average molecular weight is 402 g/mol. The molecule has 0 aliphatic rings. The molecule has 7 nitrogen and oxygen atoms in total. The van der Waals surface area contributed by atoms with Crippen molar-refractivity contribution in [2.75, 3.05) is 18.5 Å². The monoisotopic (exact) mass is 402 g/mol. The normalized spacial score (nSPS) is 11.0. The van der Waals surface area contributed by atoms with E-state index >= 15 is 0 Å². The Morgan fingerprint density at radius 3 is 2.23 bits per heavy atom. The lowest BCUT2D eigenvalue weighted by Crippen LogP contribution is -2.16. The first-order valence-electron chi connectivity index (χ1n) is 9.48. The van der Waals surface area contributed by atoms with Crippen LogP contribution < -0.4 is 10.1 Å². The zero-order valence-corrected chi connectivity index (χ0v) is 16.6. The molecule has 1 N–H and O–H groups in total. The number of carbonyl (C=O) groups excluding carboxylic acids is 1.